The Morgan fingerprint density at radius 2 is 2.24 bits per heavy atom. The molecule has 0 atom stereocenters. The summed E-state index contributed by atoms with van der Waals surface area (Å²) in [6.45, 7) is 2.82. The van der Waals surface area contributed by atoms with Gasteiger partial charge in [-0.1, -0.05) is 32.7 Å². The van der Waals surface area contributed by atoms with Gasteiger partial charge in [-0.25, -0.2) is 0 Å². The average Bonchev–Trinajstić information content (AvgIpc) is 2.69. The SMILES string of the molecule is Cc1cn(CCCc2cc(Cl)ccc2Br)nn1. The normalized spacial score (nSPS) is 10.8. The van der Waals surface area contributed by atoms with Gasteiger partial charge in [-0.05, 0) is 43.5 Å². The van der Waals surface area contributed by atoms with E-state index in [-0.39, 0.29) is 0 Å². The molecule has 0 amide bonds. The highest BCUT2D eigenvalue weighted by molar-refractivity contribution is 9.10. The second-order valence-electron chi connectivity index (χ2n) is 3.96. The molecule has 0 saturated heterocycles. The number of hydrogen-bond donors (Lipinski definition) is 0. The number of halogens is 2. The molecule has 3 nitrogen and oxygen atoms in total. The zero-order chi connectivity index (χ0) is 12.3. The number of benzene rings is 1. The summed E-state index contributed by atoms with van der Waals surface area (Å²) in [6.07, 6.45) is 3.94. The van der Waals surface area contributed by atoms with Crippen molar-refractivity contribution < 1.29 is 0 Å². The first kappa shape index (κ1) is 12.6. The summed E-state index contributed by atoms with van der Waals surface area (Å²) in [5.74, 6) is 0. The number of aromatic nitrogens is 3. The van der Waals surface area contributed by atoms with E-state index in [0.29, 0.717) is 0 Å². The van der Waals surface area contributed by atoms with Gasteiger partial charge in [0, 0.05) is 22.2 Å². The highest BCUT2D eigenvalue weighted by Gasteiger charge is 2.02. The van der Waals surface area contributed by atoms with Crippen LogP contribution in [0.5, 0.6) is 0 Å². The van der Waals surface area contributed by atoms with Gasteiger partial charge in [-0.15, -0.1) is 5.10 Å². The minimum Gasteiger partial charge on any atom is -0.252 e. The van der Waals surface area contributed by atoms with E-state index in [1.165, 1.54) is 5.56 Å². The zero-order valence-electron chi connectivity index (χ0n) is 9.53. The van der Waals surface area contributed by atoms with Gasteiger partial charge in [-0.2, -0.15) is 0 Å². The van der Waals surface area contributed by atoms with Crippen molar-refractivity contribution in [2.24, 2.45) is 0 Å². The molecule has 1 aromatic carbocycles. The third-order valence-electron chi connectivity index (χ3n) is 2.49. The van der Waals surface area contributed by atoms with Crippen molar-refractivity contribution in [2.45, 2.75) is 26.3 Å². The summed E-state index contributed by atoms with van der Waals surface area (Å²) in [7, 11) is 0. The molecule has 0 saturated carbocycles. The molecular weight excluding hydrogens is 302 g/mol. The predicted octanol–water partition coefficient (Wildman–Crippen LogP) is 3.64. The Morgan fingerprint density at radius 3 is 2.94 bits per heavy atom. The number of nitrogens with zero attached hydrogens (tertiary/aromatic N) is 3. The maximum absolute atomic E-state index is 5.97. The lowest BCUT2D eigenvalue weighted by molar-refractivity contribution is 0.558. The Hall–Kier alpha value is -0.870. The third kappa shape index (κ3) is 3.54. The van der Waals surface area contributed by atoms with Crippen LogP contribution < -0.4 is 0 Å². The van der Waals surface area contributed by atoms with Crippen molar-refractivity contribution in [3.8, 4) is 0 Å². The zero-order valence-corrected chi connectivity index (χ0v) is 11.9. The highest BCUT2D eigenvalue weighted by Crippen LogP contribution is 2.22. The molecule has 0 bridgehead atoms. The number of rotatable bonds is 4. The van der Waals surface area contributed by atoms with Gasteiger partial charge < -0.3 is 0 Å². The standard InChI is InChI=1S/C12H13BrClN3/c1-9-8-17(16-15-9)6-2-3-10-7-11(14)4-5-12(10)13/h4-5,7-8H,2-3,6H2,1H3. The first-order valence-electron chi connectivity index (χ1n) is 5.46. The van der Waals surface area contributed by atoms with Crippen LogP contribution in [0.15, 0.2) is 28.9 Å². The van der Waals surface area contributed by atoms with Crippen molar-refractivity contribution in [3.05, 3.63) is 45.1 Å². The lowest BCUT2D eigenvalue weighted by Gasteiger charge is -2.05. The van der Waals surface area contributed by atoms with E-state index in [9.17, 15) is 0 Å². The summed E-state index contributed by atoms with van der Waals surface area (Å²) in [5, 5.41) is 8.75. The molecule has 0 spiro atoms. The van der Waals surface area contributed by atoms with E-state index >= 15 is 0 Å². The van der Waals surface area contributed by atoms with Crippen molar-refractivity contribution in [3.63, 3.8) is 0 Å². The maximum atomic E-state index is 5.97. The third-order valence-corrected chi connectivity index (χ3v) is 3.50. The van der Waals surface area contributed by atoms with Gasteiger partial charge in [0.1, 0.15) is 0 Å². The van der Waals surface area contributed by atoms with Crippen LogP contribution in [0.3, 0.4) is 0 Å². The Kier molecular flexibility index (Phi) is 4.18. The summed E-state index contributed by atoms with van der Waals surface area (Å²) < 4.78 is 2.98. The highest BCUT2D eigenvalue weighted by atomic mass is 79.9. The van der Waals surface area contributed by atoms with Crippen molar-refractivity contribution in [1.82, 2.24) is 15.0 Å². The van der Waals surface area contributed by atoms with Crippen LogP contribution in [0.2, 0.25) is 5.02 Å². The molecular formula is C12H13BrClN3. The molecule has 90 valence electrons. The molecule has 1 heterocycles. The molecule has 5 heteroatoms. The minimum absolute atomic E-state index is 0.778. The molecule has 0 fully saturated rings. The minimum atomic E-state index is 0.778. The van der Waals surface area contributed by atoms with E-state index in [1.807, 2.05) is 36.0 Å². The van der Waals surface area contributed by atoms with Gasteiger partial charge in [0.15, 0.2) is 0 Å². The molecule has 2 aromatic rings. The van der Waals surface area contributed by atoms with Gasteiger partial charge >= 0.3 is 0 Å². The van der Waals surface area contributed by atoms with Crippen LogP contribution in [0, 0.1) is 6.92 Å². The summed E-state index contributed by atoms with van der Waals surface area (Å²) in [4.78, 5) is 0. The Bertz CT molecular complexity index is 510. The molecule has 0 aliphatic carbocycles. The van der Waals surface area contributed by atoms with Gasteiger partial charge in [0.05, 0.1) is 5.69 Å². The first-order chi connectivity index (χ1) is 8.15. The second kappa shape index (κ2) is 5.65. The van der Waals surface area contributed by atoms with Gasteiger partial charge in [0.2, 0.25) is 0 Å². The average molecular weight is 315 g/mol. The number of hydrogen-bond acceptors (Lipinski definition) is 2. The van der Waals surface area contributed by atoms with Crippen LogP contribution in [0.25, 0.3) is 0 Å². The quantitative estimate of drug-likeness (QED) is 0.862. The van der Waals surface area contributed by atoms with E-state index < -0.39 is 0 Å². The maximum Gasteiger partial charge on any atom is 0.0796 e. The first-order valence-corrected chi connectivity index (χ1v) is 6.63. The molecule has 17 heavy (non-hydrogen) atoms. The van der Waals surface area contributed by atoms with Crippen LogP contribution in [0.4, 0.5) is 0 Å². The van der Waals surface area contributed by atoms with Crippen molar-refractivity contribution in [1.29, 1.82) is 0 Å². The van der Waals surface area contributed by atoms with Crippen LogP contribution in [-0.2, 0) is 13.0 Å². The van der Waals surface area contributed by atoms with Gasteiger partial charge in [-0.3, -0.25) is 4.68 Å². The van der Waals surface area contributed by atoms with E-state index in [1.54, 1.807) is 0 Å². The second-order valence-corrected chi connectivity index (χ2v) is 5.25. The van der Waals surface area contributed by atoms with Crippen LogP contribution >= 0.6 is 27.5 Å². The number of aryl methyl sites for hydroxylation is 3. The topological polar surface area (TPSA) is 30.7 Å². The summed E-state index contributed by atoms with van der Waals surface area (Å²) >= 11 is 9.50. The van der Waals surface area contributed by atoms with E-state index in [0.717, 1.165) is 34.6 Å². The Labute approximate surface area is 114 Å². The molecule has 0 radical (unpaired) electrons. The van der Waals surface area contributed by atoms with E-state index in [2.05, 4.69) is 26.2 Å². The fourth-order valence-electron chi connectivity index (χ4n) is 1.67. The lowest BCUT2D eigenvalue weighted by Crippen LogP contribution is -2.00. The van der Waals surface area contributed by atoms with E-state index in [4.69, 9.17) is 11.6 Å². The van der Waals surface area contributed by atoms with Crippen molar-refractivity contribution >= 4 is 27.5 Å². The van der Waals surface area contributed by atoms with Crippen molar-refractivity contribution in [2.75, 3.05) is 0 Å². The molecule has 0 aliphatic rings. The summed E-state index contributed by atoms with van der Waals surface area (Å²) in [6, 6.07) is 5.87. The summed E-state index contributed by atoms with van der Waals surface area (Å²) in [5.41, 5.74) is 2.18. The Morgan fingerprint density at radius 1 is 1.41 bits per heavy atom. The van der Waals surface area contributed by atoms with Gasteiger partial charge in [0.25, 0.3) is 0 Å². The largest absolute Gasteiger partial charge is 0.252 e. The fraction of sp³-hybridized carbons (Fsp3) is 0.333. The molecule has 1 aromatic heterocycles. The molecule has 2 rings (SSSR count). The fourth-order valence-corrected chi connectivity index (χ4v) is 2.31. The molecule has 0 N–H and O–H groups in total. The molecule has 0 unspecified atom stereocenters. The predicted molar refractivity (Wildman–Crippen MR) is 72.2 cm³/mol. The Balaban J connectivity index is 1.91. The monoisotopic (exact) mass is 313 g/mol. The smallest absolute Gasteiger partial charge is 0.0796 e. The van der Waals surface area contributed by atoms with Crippen LogP contribution in [-0.4, -0.2) is 15.0 Å². The van der Waals surface area contributed by atoms with Crippen LogP contribution in [0.1, 0.15) is 17.7 Å². The lowest BCUT2D eigenvalue weighted by atomic mass is 10.1. The molecule has 0 aliphatic heterocycles.